The molecule has 1 unspecified atom stereocenters. The fourth-order valence-electron chi connectivity index (χ4n) is 0.989. The molecule has 0 N–H and O–H groups in total. The molecule has 4 heteroatoms. The zero-order valence-corrected chi connectivity index (χ0v) is 8.49. The average Bonchev–Trinajstić information content (AvgIpc) is 2.03. The lowest BCUT2D eigenvalue weighted by Crippen LogP contribution is -2.24. The molecular formula is C7H15NO2Si. The van der Waals surface area contributed by atoms with E-state index in [4.69, 9.17) is 14.1 Å². The minimum absolute atomic E-state index is 0.421. The van der Waals surface area contributed by atoms with Crippen LogP contribution >= 0.6 is 0 Å². The standard InChI is InChI=1S/C7H15NO2Si/c1-7(5-4-6-8)11(9-2)10-3/h7,11H,4-5H2,1-3H3. The smallest absolute Gasteiger partial charge is 0.323 e. The Bertz CT molecular complexity index is 131. The summed E-state index contributed by atoms with van der Waals surface area (Å²) in [5, 5.41) is 8.33. The van der Waals surface area contributed by atoms with Gasteiger partial charge in [-0.1, -0.05) is 6.92 Å². The Morgan fingerprint density at radius 1 is 1.45 bits per heavy atom. The van der Waals surface area contributed by atoms with Crippen LogP contribution in [0, 0.1) is 11.3 Å². The van der Waals surface area contributed by atoms with Gasteiger partial charge >= 0.3 is 9.28 Å². The molecule has 0 bridgehead atoms. The van der Waals surface area contributed by atoms with Crippen molar-refractivity contribution in [2.45, 2.75) is 25.3 Å². The van der Waals surface area contributed by atoms with Gasteiger partial charge in [-0.15, -0.1) is 0 Å². The maximum absolute atomic E-state index is 8.33. The number of nitrogens with zero attached hydrogens (tertiary/aromatic N) is 1. The van der Waals surface area contributed by atoms with Crippen LogP contribution in [0.5, 0.6) is 0 Å². The molecule has 0 saturated heterocycles. The molecule has 1 atom stereocenters. The van der Waals surface area contributed by atoms with Gasteiger partial charge in [-0.2, -0.15) is 5.26 Å². The van der Waals surface area contributed by atoms with Gasteiger partial charge in [0.1, 0.15) is 0 Å². The molecule has 0 amide bonds. The highest BCUT2D eigenvalue weighted by molar-refractivity contribution is 6.46. The van der Waals surface area contributed by atoms with Crippen molar-refractivity contribution in [3.63, 3.8) is 0 Å². The van der Waals surface area contributed by atoms with E-state index in [1.54, 1.807) is 14.2 Å². The second-order valence-electron chi connectivity index (χ2n) is 2.51. The molecule has 0 radical (unpaired) electrons. The Kier molecular flexibility index (Phi) is 6.13. The Labute approximate surface area is 69.8 Å². The van der Waals surface area contributed by atoms with Crippen molar-refractivity contribution in [3.8, 4) is 6.07 Å². The van der Waals surface area contributed by atoms with Crippen LogP contribution in [0.2, 0.25) is 5.54 Å². The maximum Gasteiger partial charge on any atom is 0.323 e. The topological polar surface area (TPSA) is 42.2 Å². The third-order valence-electron chi connectivity index (χ3n) is 1.64. The van der Waals surface area contributed by atoms with Gasteiger partial charge < -0.3 is 8.85 Å². The molecule has 0 saturated carbocycles. The van der Waals surface area contributed by atoms with E-state index in [1.807, 2.05) is 0 Å². The number of hydrogen-bond acceptors (Lipinski definition) is 3. The van der Waals surface area contributed by atoms with Gasteiger partial charge in [-0.05, 0) is 12.0 Å². The summed E-state index contributed by atoms with van der Waals surface area (Å²) in [6.07, 6.45) is 1.48. The van der Waals surface area contributed by atoms with Crippen LogP contribution in [0.3, 0.4) is 0 Å². The molecule has 0 heterocycles. The summed E-state index contributed by atoms with van der Waals surface area (Å²) in [5.41, 5.74) is 0.421. The quantitative estimate of drug-likeness (QED) is 0.586. The van der Waals surface area contributed by atoms with E-state index < -0.39 is 9.28 Å². The van der Waals surface area contributed by atoms with Gasteiger partial charge in [-0.3, -0.25) is 0 Å². The highest BCUT2D eigenvalue weighted by Crippen LogP contribution is 2.16. The van der Waals surface area contributed by atoms with Gasteiger partial charge in [0.25, 0.3) is 0 Å². The fourth-order valence-corrected chi connectivity index (χ4v) is 2.55. The summed E-state index contributed by atoms with van der Waals surface area (Å²) in [4.78, 5) is 0. The lowest BCUT2D eigenvalue weighted by molar-refractivity contribution is 0.265. The molecule has 0 spiro atoms. The van der Waals surface area contributed by atoms with Crippen molar-refractivity contribution >= 4 is 9.28 Å². The molecule has 0 aliphatic heterocycles. The summed E-state index contributed by atoms with van der Waals surface area (Å²) >= 11 is 0. The normalized spacial score (nSPS) is 13.0. The van der Waals surface area contributed by atoms with Crippen molar-refractivity contribution in [3.05, 3.63) is 0 Å². The second-order valence-corrected chi connectivity index (χ2v) is 5.33. The molecule has 0 aromatic heterocycles. The Morgan fingerprint density at radius 3 is 2.36 bits per heavy atom. The predicted octanol–water partition coefficient (Wildman–Crippen LogP) is 1.19. The number of nitriles is 1. The van der Waals surface area contributed by atoms with Gasteiger partial charge in [0.15, 0.2) is 0 Å². The van der Waals surface area contributed by atoms with Crippen molar-refractivity contribution < 1.29 is 8.85 Å². The maximum atomic E-state index is 8.33. The van der Waals surface area contributed by atoms with Crippen LogP contribution in [-0.2, 0) is 8.85 Å². The van der Waals surface area contributed by atoms with E-state index >= 15 is 0 Å². The highest BCUT2D eigenvalue weighted by Gasteiger charge is 2.18. The van der Waals surface area contributed by atoms with Gasteiger partial charge in [0.2, 0.25) is 0 Å². The lowest BCUT2D eigenvalue weighted by Gasteiger charge is -2.16. The van der Waals surface area contributed by atoms with Crippen molar-refractivity contribution in [1.29, 1.82) is 5.26 Å². The Morgan fingerprint density at radius 2 is 2.00 bits per heavy atom. The third-order valence-corrected chi connectivity index (χ3v) is 3.83. The van der Waals surface area contributed by atoms with E-state index in [9.17, 15) is 0 Å². The number of hydrogen-bond donors (Lipinski definition) is 0. The fraction of sp³-hybridized carbons (Fsp3) is 0.857. The van der Waals surface area contributed by atoms with E-state index in [0.717, 1.165) is 6.42 Å². The Hall–Kier alpha value is -0.373. The molecule has 0 aliphatic rings. The molecule has 0 fully saturated rings. The molecule has 3 nitrogen and oxygen atoms in total. The van der Waals surface area contributed by atoms with Gasteiger partial charge in [-0.25, -0.2) is 0 Å². The molecule has 11 heavy (non-hydrogen) atoms. The molecular weight excluding hydrogens is 158 g/mol. The largest absolute Gasteiger partial charge is 0.400 e. The van der Waals surface area contributed by atoms with Gasteiger partial charge in [0, 0.05) is 20.6 Å². The zero-order valence-electron chi connectivity index (χ0n) is 7.33. The first-order chi connectivity index (χ1) is 5.26. The molecule has 0 aromatic rings. The molecule has 0 aromatic carbocycles. The summed E-state index contributed by atoms with van der Waals surface area (Å²) in [7, 11) is 1.87. The summed E-state index contributed by atoms with van der Waals surface area (Å²) in [6, 6.07) is 2.11. The molecule has 64 valence electrons. The summed E-state index contributed by atoms with van der Waals surface area (Å²) in [5.74, 6) is 0. The minimum Gasteiger partial charge on any atom is -0.400 e. The van der Waals surface area contributed by atoms with Crippen LogP contribution < -0.4 is 0 Å². The van der Waals surface area contributed by atoms with Crippen LogP contribution in [0.1, 0.15) is 19.8 Å². The molecule has 0 aliphatic carbocycles. The number of rotatable bonds is 5. The zero-order chi connectivity index (χ0) is 8.69. The summed E-state index contributed by atoms with van der Waals surface area (Å²) in [6.45, 7) is 2.07. The lowest BCUT2D eigenvalue weighted by atomic mass is 10.3. The van der Waals surface area contributed by atoms with Crippen LogP contribution in [0.4, 0.5) is 0 Å². The van der Waals surface area contributed by atoms with Crippen LogP contribution in [0.15, 0.2) is 0 Å². The Balaban J connectivity index is 3.61. The third kappa shape index (κ3) is 4.14. The van der Waals surface area contributed by atoms with Crippen molar-refractivity contribution in [1.82, 2.24) is 0 Å². The second kappa shape index (κ2) is 6.34. The average molecular weight is 173 g/mol. The van der Waals surface area contributed by atoms with Crippen molar-refractivity contribution in [2.24, 2.45) is 0 Å². The van der Waals surface area contributed by atoms with Crippen LogP contribution in [0.25, 0.3) is 0 Å². The molecule has 0 rings (SSSR count). The van der Waals surface area contributed by atoms with E-state index in [2.05, 4.69) is 13.0 Å². The first-order valence-corrected chi connectivity index (χ1v) is 5.29. The summed E-state index contributed by atoms with van der Waals surface area (Å²) < 4.78 is 10.3. The van der Waals surface area contributed by atoms with Crippen LogP contribution in [-0.4, -0.2) is 23.5 Å². The minimum atomic E-state index is -1.47. The highest BCUT2D eigenvalue weighted by atomic mass is 28.3. The van der Waals surface area contributed by atoms with Crippen molar-refractivity contribution in [2.75, 3.05) is 14.2 Å². The predicted molar refractivity (Wildman–Crippen MR) is 45.4 cm³/mol. The van der Waals surface area contributed by atoms with Gasteiger partial charge in [0.05, 0.1) is 6.07 Å². The monoisotopic (exact) mass is 173 g/mol. The SMILES string of the molecule is CO[SiH](OC)C(C)CCC#N. The van der Waals surface area contributed by atoms with E-state index in [-0.39, 0.29) is 0 Å². The first kappa shape index (κ1) is 10.6. The van der Waals surface area contributed by atoms with E-state index in [1.165, 1.54) is 0 Å². The first-order valence-electron chi connectivity index (χ1n) is 3.68. The van der Waals surface area contributed by atoms with E-state index in [0.29, 0.717) is 12.0 Å².